The molecule has 0 fully saturated rings. The maximum atomic E-state index is 13.0. The van der Waals surface area contributed by atoms with Crippen LogP contribution in [-0.4, -0.2) is 33.4 Å². The van der Waals surface area contributed by atoms with Gasteiger partial charge in [-0.05, 0) is 54.6 Å². The van der Waals surface area contributed by atoms with E-state index in [9.17, 15) is 9.18 Å². The van der Waals surface area contributed by atoms with Gasteiger partial charge >= 0.3 is 0 Å². The van der Waals surface area contributed by atoms with E-state index in [1.54, 1.807) is 49.6 Å². The second-order valence-electron chi connectivity index (χ2n) is 6.42. The van der Waals surface area contributed by atoms with Crippen molar-refractivity contribution in [2.75, 3.05) is 7.11 Å². The van der Waals surface area contributed by atoms with Crippen molar-refractivity contribution < 1.29 is 23.2 Å². The molecule has 0 radical (unpaired) electrons. The van der Waals surface area contributed by atoms with E-state index in [0.717, 1.165) is 5.75 Å². The SMILES string of the molecule is COc1ccc(OCc2noc(CNC(=O)c3cc(-c4ccc(F)cc4)n[nH]3)n2)cc1. The maximum absolute atomic E-state index is 13.0. The number of methoxy groups -OCH3 is 1. The molecule has 31 heavy (non-hydrogen) atoms. The summed E-state index contributed by atoms with van der Waals surface area (Å²) in [6.45, 7) is 0.157. The lowest BCUT2D eigenvalue weighted by Crippen LogP contribution is -2.23. The minimum absolute atomic E-state index is 0.0409. The molecule has 2 N–H and O–H groups in total. The van der Waals surface area contributed by atoms with Crippen molar-refractivity contribution >= 4 is 5.91 Å². The summed E-state index contributed by atoms with van der Waals surface area (Å²) < 4.78 is 28.8. The molecule has 0 unspecified atom stereocenters. The highest BCUT2D eigenvalue weighted by Crippen LogP contribution is 2.19. The zero-order valence-corrected chi connectivity index (χ0v) is 16.5. The number of carbonyl (C=O) groups is 1. The van der Waals surface area contributed by atoms with Crippen molar-refractivity contribution in [2.45, 2.75) is 13.2 Å². The molecule has 0 saturated carbocycles. The van der Waals surface area contributed by atoms with Gasteiger partial charge in [-0.3, -0.25) is 9.89 Å². The van der Waals surface area contributed by atoms with Crippen LogP contribution in [0.5, 0.6) is 11.5 Å². The Hall–Kier alpha value is -4.21. The van der Waals surface area contributed by atoms with Gasteiger partial charge in [-0.15, -0.1) is 0 Å². The fraction of sp³-hybridized carbons (Fsp3) is 0.143. The summed E-state index contributed by atoms with van der Waals surface area (Å²) in [6.07, 6.45) is 0. The number of hydrogen-bond donors (Lipinski definition) is 2. The van der Waals surface area contributed by atoms with E-state index in [4.69, 9.17) is 14.0 Å². The van der Waals surface area contributed by atoms with Crippen LogP contribution in [0.25, 0.3) is 11.3 Å². The van der Waals surface area contributed by atoms with Crippen LogP contribution < -0.4 is 14.8 Å². The normalized spacial score (nSPS) is 10.6. The molecule has 9 nitrogen and oxygen atoms in total. The molecule has 1 amide bonds. The van der Waals surface area contributed by atoms with Crippen LogP contribution in [0.4, 0.5) is 4.39 Å². The molecule has 0 saturated heterocycles. The number of nitrogens with one attached hydrogen (secondary N) is 2. The second-order valence-corrected chi connectivity index (χ2v) is 6.42. The molecule has 10 heteroatoms. The Balaban J connectivity index is 1.29. The molecule has 0 aliphatic rings. The van der Waals surface area contributed by atoms with E-state index < -0.39 is 5.91 Å². The first-order valence-electron chi connectivity index (χ1n) is 9.28. The number of halogens is 1. The Labute approximate surface area is 176 Å². The van der Waals surface area contributed by atoms with Crippen LogP contribution >= 0.6 is 0 Å². The molecule has 0 spiro atoms. The molecule has 4 rings (SSSR count). The van der Waals surface area contributed by atoms with Crippen LogP contribution in [0.15, 0.2) is 59.1 Å². The van der Waals surface area contributed by atoms with Crippen LogP contribution in [0.1, 0.15) is 22.2 Å². The van der Waals surface area contributed by atoms with E-state index in [-0.39, 0.29) is 30.6 Å². The lowest BCUT2D eigenvalue weighted by Gasteiger charge is -2.04. The third-order valence-corrected chi connectivity index (χ3v) is 4.30. The summed E-state index contributed by atoms with van der Waals surface area (Å²) >= 11 is 0. The lowest BCUT2D eigenvalue weighted by atomic mass is 10.1. The Morgan fingerprint density at radius 1 is 1.13 bits per heavy atom. The van der Waals surface area contributed by atoms with Gasteiger partial charge in [0.25, 0.3) is 5.91 Å². The standard InChI is InChI=1S/C21H18FN5O4/c1-29-15-6-8-16(9-7-15)30-12-19-24-20(31-27-19)11-23-21(28)18-10-17(25-26-18)13-2-4-14(22)5-3-13/h2-10H,11-12H2,1H3,(H,23,28)(H,25,26). The van der Waals surface area contributed by atoms with Gasteiger partial charge in [0.05, 0.1) is 19.3 Å². The predicted molar refractivity (Wildman–Crippen MR) is 107 cm³/mol. The molecule has 0 atom stereocenters. The highest BCUT2D eigenvalue weighted by Gasteiger charge is 2.13. The van der Waals surface area contributed by atoms with Gasteiger partial charge in [0.1, 0.15) is 23.0 Å². The molecular weight excluding hydrogens is 405 g/mol. The molecule has 2 aromatic heterocycles. The molecule has 0 aliphatic carbocycles. The number of hydrogen-bond acceptors (Lipinski definition) is 7. The van der Waals surface area contributed by atoms with Gasteiger partial charge in [0, 0.05) is 5.56 Å². The van der Waals surface area contributed by atoms with Gasteiger partial charge < -0.3 is 19.3 Å². The lowest BCUT2D eigenvalue weighted by molar-refractivity contribution is 0.0941. The van der Waals surface area contributed by atoms with Gasteiger partial charge in [0.15, 0.2) is 6.61 Å². The molecule has 0 bridgehead atoms. The fourth-order valence-electron chi connectivity index (χ4n) is 2.70. The van der Waals surface area contributed by atoms with Gasteiger partial charge in [0.2, 0.25) is 11.7 Å². The topological polar surface area (TPSA) is 115 Å². The summed E-state index contributed by atoms with van der Waals surface area (Å²) in [6, 6.07) is 14.5. The molecule has 4 aromatic rings. The first kappa shape index (κ1) is 20.1. The van der Waals surface area contributed by atoms with Gasteiger partial charge in [-0.2, -0.15) is 10.1 Å². The highest BCUT2D eigenvalue weighted by atomic mass is 19.1. The number of aromatic amines is 1. The van der Waals surface area contributed by atoms with Crippen LogP contribution in [0, 0.1) is 5.82 Å². The highest BCUT2D eigenvalue weighted by molar-refractivity contribution is 5.93. The Bertz CT molecular complexity index is 1160. The fourth-order valence-corrected chi connectivity index (χ4v) is 2.70. The second kappa shape index (κ2) is 9.08. The summed E-state index contributed by atoms with van der Waals surface area (Å²) in [7, 11) is 1.59. The smallest absolute Gasteiger partial charge is 0.269 e. The zero-order chi connectivity index (χ0) is 21.6. The van der Waals surface area contributed by atoms with E-state index in [1.165, 1.54) is 12.1 Å². The van der Waals surface area contributed by atoms with E-state index >= 15 is 0 Å². The van der Waals surface area contributed by atoms with E-state index in [1.807, 2.05) is 0 Å². The number of carbonyl (C=O) groups excluding carboxylic acids is 1. The minimum Gasteiger partial charge on any atom is -0.497 e. The third kappa shape index (κ3) is 5.04. The third-order valence-electron chi connectivity index (χ3n) is 4.30. The first-order chi connectivity index (χ1) is 15.1. The first-order valence-corrected chi connectivity index (χ1v) is 9.28. The van der Waals surface area contributed by atoms with Gasteiger partial charge in [-0.25, -0.2) is 4.39 Å². The van der Waals surface area contributed by atoms with Crippen LogP contribution in [0.2, 0.25) is 0 Å². The van der Waals surface area contributed by atoms with Gasteiger partial charge in [-0.1, -0.05) is 5.16 Å². The number of rotatable bonds is 8. The largest absolute Gasteiger partial charge is 0.497 e. The Kier molecular flexibility index (Phi) is 5.88. The van der Waals surface area contributed by atoms with E-state index in [0.29, 0.717) is 22.8 Å². The monoisotopic (exact) mass is 423 g/mol. The zero-order valence-electron chi connectivity index (χ0n) is 16.5. The average Bonchev–Trinajstić information content (AvgIpc) is 3.47. The number of aromatic nitrogens is 4. The number of ether oxygens (including phenoxy) is 2. The summed E-state index contributed by atoms with van der Waals surface area (Å²) in [5.41, 5.74) is 1.47. The summed E-state index contributed by atoms with van der Waals surface area (Å²) in [5.74, 6) is 1.21. The van der Waals surface area contributed by atoms with Crippen molar-refractivity contribution in [2.24, 2.45) is 0 Å². The van der Waals surface area contributed by atoms with Crippen molar-refractivity contribution in [3.8, 4) is 22.8 Å². The molecule has 2 aromatic carbocycles. The number of benzene rings is 2. The number of amides is 1. The quantitative estimate of drug-likeness (QED) is 0.447. The van der Waals surface area contributed by atoms with Crippen molar-refractivity contribution in [3.63, 3.8) is 0 Å². The minimum atomic E-state index is -0.393. The van der Waals surface area contributed by atoms with Crippen molar-refractivity contribution in [1.29, 1.82) is 0 Å². The summed E-state index contributed by atoms with van der Waals surface area (Å²) in [5, 5.41) is 13.2. The van der Waals surface area contributed by atoms with Crippen LogP contribution in [-0.2, 0) is 13.2 Å². The molecule has 158 valence electrons. The summed E-state index contributed by atoms with van der Waals surface area (Å²) in [4.78, 5) is 16.5. The Morgan fingerprint density at radius 2 is 1.87 bits per heavy atom. The van der Waals surface area contributed by atoms with E-state index in [2.05, 4.69) is 25.7 Å². The van der Waals surface area contributed by atoms with Crippen molar-refractivity contribution in [1.82, 2.24) is 25.7 Å². The average molecular weight is 423 g/mol. The molecule has 0 aliphatic heterocycles. The molecular formula is C21H18FN5O4. The van der Waals surface area contributed by atoms with Crippen LogP contribution in [0.3, 0.4) is 0 Å². The number of H-pyrrole nitrogens is 1. The predicted octanol–water partition coefficient (Wildman–Crippen LogP) is 3.12. The Morgan fingerprint density at radius 3 is 2.61 bits per heavy atom. The molecule has 2 heterocycles. The van der Waals surface area contributed by atoms with Crippen molar-refractivity contribution in [3.05, 3.63) is 77.8 Å². The number of nitrogens with zero attached hydrogens (tertiary/aromatic N) is 3. The maximum Gasteiger partial charge on any atom is 0.269 e.